The van der Waals surface area contributed by atoms with Crippen molar-refractivity contribution in [1.29, 1.82) is 0 Å². The summed E-state index contributed by atoms with van der Waals surface area (Å²) in [4.78, 5) is 12.2. The zero-order valence-corrected chi connectivity index (χ0v) is 15.2. The molecule has 0 saturated carbocycles. The van der Waals surface area contributed by atoms with Crippen LogP contribution in [-0.4, -0.2) is 47.6 Å². The van der Waals surface area contributed by atoms with Crippen LogP contribution in [0.25, 0.3) is 0 Å². The molecule has 0 radical (unpaired) electrons. The van der Waals surface area contributed by atoms with E-state index < -0.39 is 49.5 Å². The van der Waals surface area contributed by atoms with Crippen molar-refractivity contribution in [2.75, 3.05) is 6.67 Å². The monoisotopic (exact) mass is 406 g/mol. The molecule has 2 heterocycles. The summed E-state index contributed by atoms with van der Waals surface area (Å²) in [7, 11) is 0. The van der Waals surface area contributed by atoms with Crippen molar-refractivity contribution in [3.8, 4) is 5.75 Å². The van der Waals surface area contributed by atoms with E-state index in [9.17, 15) is 27.5 Å². The van der Waals surface area contributed by atoms with Gasteiger partial charge in [0.05, 0.1) is 24.2 Å². The molecule has 1 amide bonds. The minimum absolute atomic E-state index is 0.0511. The highest BCUT2D eigenvalue weighted by Crippen LogP contribution is 2.36. The molecule has 3 rings (SSSR count). The van der Waals surface area contributed by atoms with Gasteiger partial charge in [-0.3, -0.25) is 10.1 Å². The topological polar surface area (TPSA) is 85.9 Å². The van der Waals surface area contributed by atoms with Crippen molar-refractivity contribution < 1.29 is 32.2 Å². The Kier molecular flexibility index (Phi) is 5.80. The SMILES string of the molecule is CC(C)C(c1ccc(OC(F)(F)F)cc1)N1NC(CF)C2C(=O)NC(O)NC21. The van der Waals surface area contributed by atoms with Crippen molar-refractivity contribution >= 4 is 5.91 Å². The van der Waals surface area contributed by atoms with Crippen molar-refractivity contribution in [2.45, 2.75) is 44.8 Å². The second-order valence-electron chi connectivity index (χ2n) is 7.15. The fraction of sp³-hybridized carbons (Fsp3) is 0.588. The first-order chi connectivity index (χ1) is 13.1. The third-order valence-corrected chi connectivity index (χ3v) is 4.85. The number of nitrogens with one attached hydrogen (secondary N) is 3. The highest BCUT2D eigenvalue weighted by Gasteiger charge is 2.52. The molecule has 2 aliphatic rings. The lowest BCUT2D eigenvalue weighted by molar-refractivity contribution is -0.274. The van der Waals surface area contributed by atoms with Gasteiger partial charge in [-0.1, -0.05) is 26.0 Å². The lowest BCUT2D eigenvalue weighted by Gasteiger charge is -2.39. The Morgan fingerprint density at radius 1 is 1.25 bits per heavy atom. The summed E-state index contributed by atoms with van der Waals surface area (Å²) < 4.78 is 54.5. The number of halogens is 4. The van der Waals surface area contributed by atoms with Gasteiger partial charge in [0.2, 0.25) is 5.91 Å². The summed E-state index contributed by atoms with van der Waals surface area (Å²) in [5.41, 5.74) is 3.63. The number of benzene rings is 1. The van der Waals surface area contributed by atoms with Gasteiger partial charge in [-0.15, -0.1) is 13.2 Å². The summed E-state index contributed by atoms with van der Waals surface area (Å²) in [6.45, 7) is 2.99. The number of nitrogens with zero attached hydrogens (tertiary/aromatic N) is 1. The molecular formula is C17H22F4N4O3. The number of ether oxygens (including phenoxy) is 1. The number of fused-ring (bicyclic) bond motifs is 1. The van der Waals surface area contributed by atoms with E-state index >= 15 is 0 Å². The van der Waals surface area contributed by atoms with Gasteiger partial charge in [-0.25, -0.2) is 14.8 Å². The molecular weight excluding hydrogens is 384 g/mol. The third kappa shape index (κ3) is 4.22. The largest absolute Gasteiger partial charge is 0.573 e. The molecule has 1 aromatic carbocycles. The quantitative estimate of drug-likeness (QED) is 0.553. The number of amides is 1. The molecule has 0 spiro atoms. The van der Waals surface area contributed by atoms with E-state index in [-0.39, 0.29) is 11.7 Å². The van der Waals surface area contributed by atoms with Gasteiger partial charge in [0.25, 0.3) is 0 Å². The molecule has 0 aliphatic carbocycles. The third-order valence-electron chi connectivity index (χ3n) is 4.85. The second-order valence-corrected chi connectivity index (χ2v) is 7.15. The van der Waals surface area contributed by atoms with Crippen LogP contribution in [0.2, 0.25) is 0 Å². The van der Waals surface area contributed by atoms with E-state index in [1.807, 2.05) is 13.8 Å². The Morgan fingerprint density at radius 3 is 2.43 bits per heavy atom. The fourth-order valence-corrected chi connectivity index (χ4v) is 3.81. The fourth-order valence-electron chi connectivity index (χ4n) is 3.81. The van der Waals surface area contributed by atoms with E-state index in [0.717, 1.165) is 0 Å². The molecule has 156 valence electrons. The Bertz CT molecular complexity index is 701. The van der Waals surface area contributed by atoms with Crippen molar-refractivity contribution in [3.63, 3.8) is 0 Å². The second kappa shape index (κ2) is 7.82. The maximum atomic E-state index is 13.5. The number of rotatable bonds is 5. The van der Waals surface area contributed by atoms with E-state index in [1.165, 1.54) is 24.3 Å². The Morgan fingerprint density at radius 2 is 1.89 bits per heavy atom. The van der Waals surface area contributed by atoms with E-state index in [0.29, 0.717) is 5.56 Å². The number of alkyl halides is 4. The van der Waals surface area contributed by atoms with E-state index in [4.69, 9.17) is 0 Å². The molecule has 5 atom stereocenters. The maximum Gasteiger partial charge on any atom is 0.573 e. The van der Waals surface area contributed by atoms with Crippen molar-refractivity contribution in [1.82, 2.24) is 21.1 Å². The van der Waals surface area contributed by atoms with E-state index in [2.05, 4.69) is 20.8 Å². The van der Waals surface area contributed by atoms with Crippen LogP contribution in [0.3, 0.4) is 0 Å². The molecule has 2 fully saturated rings. The maximum absolute atomic E-state index is 13.5. The van der Waals surface area contributed by atoms with Crippen LogP contribution in [0.4, 0.5) is 17.6 Å². The van der Waals surface area contributed by atoms with Crippen LogP contribution in [0.1, 0.15) is 25.5 Å². The lowest BCUT2D eigenvalue weighted by atomic mass is 9.92. The van der Waals surface area contributed by atoms with Gasteiger partial charge >= 0.3 is 6.36 Å². The van der Waals surface area contributed by atoms with Gasteiger partial charge in [-0.05, 0) is 23.6 Å². The molecule has 5 unspecified atom stereocenters. The molecule has 4 N–H and O–H groups in total. The minimum Gasteiger partial charge on any atom is -0.406 e. The summed E-state index contributed by atoms with van der Waals surface area (Å²) in [5.74, 6) is -1.66. The first-order valence-corrected chi connectivity index (χ1v) is 8.81. The predicted octanol–water partition coefficient (Wildman–Crippen LogP) is 1.38. The molecule has 11 heteroatoms. The first kappa shape index (κ1) is 20.8. The van der Waals surface area contributed by atoms with Gasteiger partial charge < -0.3 is 15.2 Å². The molecule has 28 heavy (non-hydrogen) atoms. The Hall–Kier alpha value is -1.95. The molecule has 0 bridgehead atoms. The van der Waals surface area contributed by atoms with Gasteiger partial charge in [-0.2, -0.15) is 0 Å². The summed E-state index contributed by atoms with van der Waals surface area (Å²) >= 11 is 0. The van der Waals surface area contributed by atoms with Crippen LogP contribution in [-0.2, 0) is 4.79 Å². The normalized spacial score (nSPS) is 29.5. The number of aliphatic hydroxyl groups excluding tert-OH is 1. The summed E-state index contributed by atoms with van der Waals surface area (Å²) in [6.07, 6.45) is -6.76. The number of hydrogen-bond acceptors (Lipinski definition) is 6. The highest BCUT2D eigenvalue weighted by molar-refractivity contribution is 5.81. The highest BCUT2D eigenvalue weighted by atomic mass is 19.4. The smallest absolute Gasteiger partial charge is 0.406 e. The number of hydrogen-bond donors (Lipinski definition) is 4. The van der Waals surface area contributed by atoms with Crippen molar-refractivity contribution in [2.24, 2.45) is 11.8 Å². The molecule has 2 saturated heterocycles. The van der Waals surface area contributed by atoms with Crippen LogP contribution in [0.5, 0.6) is 5.75 Å². The van der Waals surface area contributed by atoms with Crippen LogP contribution in [0, 0.1) is 11.8 Å². The van der Waals surface area contributed by atoms with Crippen LogP contribution in [0.15, 0.2) is 24.3 Å². The number of aliphatic hydroxyl groups is 1. The first-order valence-electron chi connectivity index (χ1n) is 8.81. The van der Waals surface area contributed by atoms with Gasteiger partial charge in [0.15, 0.2) is 6.35 Å². The zero-order valence-electron chi connectivity index (χ0n) is 15.2. The molecule has 1 aromatic rings. The molecule has 7 nitrogen and oxygen atoms in total. The molecule has 0 aromatic heterocycles. The minimum atomic E-state index is -4.79. The average molecular weight is 406 g/mol. The standard InChI is InChI=1S/C17H22F4N4O3/c1-8(2)13(9-3-5-10(6-4-9)28-17(19,20)21)25-14-12(11(7-18)24-25)15(26)23-16(27)22-14/h3-6,8,11-14,16,22,24,27H,7H2,1-2H3,(H,23,26). The van der Waals surface area contributed by atoms with Gasteiger partial charge in [0, 0.05) is 0 Å². The number of hydrazine groups is 1. The van der Waals surface area contributed by atoms with Gasteiger partial charge in [0.1, 0.15) is 12.4 Å². The summed E-state index contributed by atoms with van der Waals surface area (Å²) in [5, 5.41) is 16.6. The van der Waals surface area contributed by atoms with Crippen LogP contribution >= 0.6 is 0 Å². The molecule has 2 aliphatic heterocycles. The van der Waals surface area contributed by atoms with E-state index in [1.54, 1.807) is 5.01 Å². The van der Waals surface area contributed by atoms with Crippen LogP contribution < -0.4 is 20.8 Å². The zero-order chi connectivity index (χ0) is 20.6. The summed E-state index contributed by atoms with van der Waals surface area (Å²) in [6, 6.07) is 4.19. The van der Waals surface area contributed by atoms with Crippen molar-refractivity contribution in [3.05, 3.63) is 29.8 Å². The Balaban J connectivity index is 1.88. The Labute approximate surface area is 159 Å². The predicted molar refractivity (Wildman–Crippen MR) is 90.0 cm³/mol. The number of carbonyl (C=O) groups excluding carboxylic acids is 1. The number of carbonyl (C=O) groups is 1. The lowest BCUT2D eigenvalue weighted by Crippen LogP contribution is -2.65. The average Bonchev–Trinajstić information content (AvgIpc) is 2.93.